The number of primary amides is 1. The molecule has 1 aromatic carbocycles. The molecule has 90 valence electrons. The van der Waals surface area contributed by atoms with Gasteiger partial charge < -0.3 is 10.5 Å². The van der Waals surface area contributed by atoms with Crippen LogP contribution in [0.25, 0.3) is 5.57 Å². The van der Waals surface area contributed by atoms with E-state index in [1.165, 1.54) is 0 Å². The van der Waals surface area contributed by atoms with E-state index in [0.717, 1.165) is 6.08 Å². The van der Waals surface area contributed by atoms with Crippen LogP contribution in [0.4, 0.5) is 0 Å². The number of carbonyl (C=O) groups excluding carboxylic acids is 2. The van der Waals surface area contributed by atoms with Crippen LogP contribution in [0.2, 0.25) is 5.02 Å². The first-order chi connectivity index (χ1) is 8.04. The zero-order valence-corrected chi connectivity index (χ0v) is 10.0. The van der Waals surface area contributed by atoms with Crippen molar-refractivity contribution in [3.05, 3.63) is 40.9 Å². The average molecular weight is 254 g/mol. The van der Waals surface area contributed by atoms with E-state index in [-0.39, 0.29) is 12.2 Å². The molecule has 17 heavy (non-hydrogen) atoms. The van der Waals surface area contributed by atoms with Gasteiger partial charge in [-0.1, -0.05) is 23.7 Å². The Balaban J connectivity index is 3.11. The third-order valence-electron chi connectivity index (χ3n) is 1.94. The molecule has 0 atom stereocenters. The van der Waals surface area contributed by atoms with Crippen molar-refractivity contribution in [3.63, 3.8) is 0 Å². The lowest BCUT2D eigenvalue weighted by Gasteiger charge is -2.06. The molecule has 0 saturated heterocycles. The number of nitrogens with two attached hydrogens (primary N) is 1. The second kappa shape index (κ2) is 6.06. The maximum atomic E-state index is 11.6. The van der Waals surface area contributed by atoms with Crippen LogP contribution >= 0.6 is 11.6 Å². The van der Waals surface area contributed by atoms with Gasteiger partial charge in [-0.05, 0) is 24.6 Å². The first-order valence-corrected chi connectivity index (χ1v) is 5.36. The van der Waals surface area contributed by atoms with Gasteiger partial charge in [-0.3, -0.25) is 4.79 Å². The van der Waals surface area contributed by atoms with Crippen LogP contribution in [0.1, 0.15) is 12.5 Å². The Labute approximate surface area is 104 Å². The largest absolute Gasteiger partial charge is 0.462 e. The highest BCUT2D eigenvalue weighted by atomic mass is 35.5. The fraction of sp³-hybridized carbons (Fsp3) is 0.167. The molecule has 0 saturated carbocycles. The van der Waals surface area contributed by atoms with Crippen molar-refractivity contribution in [1.29, 1.82) is 0 Å². The van der Waals surface area contributed by atoms with Crippen LogP contribution < -0.4 is 5.73 Å². The number of benzene rings is 1. The van der Waals surface area contributed by atoms with Crippen LogP contribution in [0.5, 0.6) is 0 Å². The smallest absolute Gasteiger partial charge is 0.338 e. The Hall–Kier alpha value is -1.81. The van der Waals surface area contributed by atoms with Crippen molar-refractivity contribution in [3.8, 4) is 0 Å². The predicted molar refractivity (Wildman–Crippen MR) is 65.3 cm³/mol. The van der Waals surface area contributed by atoms with Gasteiger partial charge in [0.2, 0.25) is 5.91 Å². The number of esters is 1. The van der Waals surface area contributed by atoms with E-state index in [2.05, 4.69) is 0 Å². The lowest BCUT2D eigenvalue weighted by molar-refractivity contribution is -0.136. The number of halogens is 1. The van der Waals surface area contributed by atoms with E-state index in [0.29, 0.717) is 10.6 Å². The molecule has 0 unspecified atom stereocenters. The van der Waals surface area contributed by atoms with E-state index in [9.17, 15) is 9.59 Å². The molecular formula is C12H12ClNO3. The second-order valence-electron chi connectivity index (χ2n) is 3.19. The van der Waals surface area contributed by atoms with Gasteiger partial charge >= 0.3 is 5.97 Å². The molecule has 0 aliphatic rings. The highest BCUT2D eigenvalue weighted by Crippen LogP contribution is 2.18. The lowest BCUT2D eigenvalue weighted by Crippen LogP contribution is -2.13. The molecule has 5 heteroatoms. The lowest BCUT2D eigenvalue weighted by atomic mass is 10.1. The molecule has 0 heterocycles. The van der Waals surface area contributed by atoms with Gasteiger partial charge in [0, 0.05) is 11.1 Å². The fourth-order valence-electron chi connectivity index (χ4n) is 1.24. The summed E-state index contributed by atoms with van der Waals surface area (Å²) in [6.45, 7) is 1.91. The summed E-state index contributed by atoms with van der Waals surface area (Å²) in [5.74, 6) is -1.29. The maximum Gasteiger partial charge on any atom is 0.338 e. The van der Waals surface area contributed by atoms with Crippen molar-refractivity contribution in [2.45, 2.75) is 6.92 Å². The molecule has 1 rings (SSSR count). The summed E-state index contributed by atoms with van der Waals surface area (Å²) in [4.78, 5) is 22.5. The summed E-state index contributed by atoms with van der Waals surface area (Å²) in [7, 11) is 0. The Morgan fingerprint density at radius 1 is 1.35 bits per heavy atom. The topological polar surface area (TPSA) is 69.4 Å². The highest BCUT2D eigenvalue weighted by Gasteiger charge is 2.14. The van der Waals surface area contributed by atoms with Crippen molar-refractivity contribution in [2.75, 3.05) is 6.61 Å². The van der Waals surface area contributed by atoms with E-state index in [1.807, 2.05) is 0 Å². The minimum Gasteiger partial charge on any atom is -0.462 e. The van der Waals surface area contributed by atoms with Crippen molar-refractivity contribution >= 4 is 29.1 Å². The summed E-state index contributed by atoms with van der Waals surface area (Å²) in [6.07, 6.45) is 1.04. The SMILES string of the molecule is CCOC(=O)C(=CC(N)=O)c1ccc(Cl)cc1. The summed E-state index contributed by atoms with van der Waals surface area (Å²) in [5.41, 5.74) is 5.70. The number of carbonyl (C=O) groups is 2. The Bertz CT molecular complexity index is 451. The minimum atomic E-state index is -0.706. The normalized spacial score (nSPS) is 11.1. The van der Waals surface area contributed by atoms with Crippen LogP contribution in [0, 0.1) is 0 Å². The quantitative estimate of drug-likeness (QED) is 0.657. The highest BCUT2D eigenvalue weighted by molar-refractivity contribution is 6.30. The van der Waals surface area contributed by atoms with Crippen molar-refractivity contribution in [2.24, 2.45) is 5.73 Å². The summed E-state index contributed by atoms with van der Waals surface area (Å²) in [5, 5.41) is 0.538. The first-order valence-electron chi connectivity index (χ1n) is 4.98. The molecule has 0 aliphatic heterocycles. The standard InChI is InChI=1S/C12H12ClNO3/c1-2-17-12(16)10(7-11(14)15)8-3-5-9(13)6-4-8/h3-7H,2H2,1H3,(H2,14,15). The summed E-state index contributed by atoms with van der Waals surface area (Å²) in [6, 6.07) is 6.47. The van der Waals surface area contributed by atoms with Crippen LogP contribution in [0.3, 0.4) is 0 Å². The van der Waals surface area contributed by atoms with Gasteiger partial charge in [-0.15, -0.1) is 0 Å². The fourth-order valence-corrected chi connectivity index (χ4v) is 1.37. The van der Waals surface area contributed by atoms with E-state index in [4.69, 9.17) is 22.1 Å². The zero-order chi connectivity index (χ0) is 12.8. The van der Waals surface area contributed by atoms with Gasteiger partial charge in [0.05, 0.1) is 12.2 Å². The molecule has 1 amide bonds. The predicted octanol–water partition coefficient (Wildman–Crippen LogP) is 1.77. The minimum absolute atomic E-state index is 0.121. The number of hydrogen-bond donors (Lipinski definition) is 1. The number of ether oxygens (including phenoxy) is 1. The van der Waals surface area contributed by atoms with Crippen LogP contribution in [0.15, 0.2) is 30.3 Å². The molecule has 0 aromatic heterocycles. The molecule has 0 bridgehead atoms. The Kier molecular flexibility index (Phi) is 4.72. The van der Waals surface area contributed by atoms with Crippen molar-refractivity contribution in [1.82, 2.24) is 0 Å². The molecule has 0 fully saturated rings. The van der Waals surface area contributed by atoms with Gasteiger partial charge in [-0.2, -0.15) is 0 Å². The van der Waals surface area contributed by atoms with Gasteiger partial charge in [0.25, 0.3) is 0 Å². The van der Waals surface area contributed by atoms with Gasteiger partial charge in [0.1, 0.15) is 0 Å². The zero-order valence-electron chi connectivity index (χ0n) is 9.27. The third kappa shape index (κ3) is 3.92. The summed E-state index contributed by atoms with van der Waals surface area (Å²) >= 11 is 5.74. The van der Waals surface area contributed by atoms with E-state index < -0.39 is 11.9 Å². The van der Waals surface area contributed by atoms with Crippen LogP contribution in [-0.2, 0) is 14.3 Å². The molecule has 0 radical (unpaired) electrons. The number of rotatable bonds is 4. The van der Waals surface area contributed by atoms with Gasteiger partial charge in [-0.25, -0.2) is 4.79 Å². The first kappa shape index (κ1) is 13.3. The number of amides is 1. The van der Waals surface area contributed by atoms with E-state index in [1.54, 1.807) is 31.2 Å². The Morgan fingerprint density at radius 3 is 2.41 bits per heavy atom. The molecule has 2 N–H and O–H groups in total. The monoisotopic (exact) mass is 253 g/mol. The number of hydrogen-bond acceptors (Lipinski definition) is 3. The molecule has 1 aromatic rings. The molecule has 0 spiro atoms. The van der Waals surface area contributed by atoms with E-state index >= 15 is 0 Å². The van der Waals surface area contributed by atoms with Gasteiger partial charge in [0.15, 0.2) is 0 Å². The van der Waals surface area contributed by atoms with Crippen molar-refractivity contribution < 1.29 is 14.3 Å². The molecule has 4 nitrogen and oxygen atoms in total. The Morgan fingerprint density at radius 2 is 1.94 bits per heavy atom. The maximum absolute atomic E-state index is 11.6. The third-order valence-corrected chi connectivity index (χ3v) is 2.19. The average Bonchev–Trinajstić information content (AvgIpc) is 2.27. The van der Waals surface area contributed by atoms with Crippen LogP contribution in [-0.4, -0.2) is 18.5 Å². The molecular weight excluding hydrogens is 242 g/mol. The summed E-state index contributed by atoms with van der Waals surface area (Å²) < 4.78 is 4.84. The second-order valence-corrected chi connectivity index (χ2v) is 3.62. The molecule has 0 aliphatic carbocycles.